The lowest BCUT2D eigenvalue weighted by atomic mass is 10.1. The molecule has 1 heterocycles. The molecular formula is C10H13FN4. The van der Waals surface area contributed by atoms with E-state index in [1.165, 1.54) is 12.4 Å². The first-order chi connectivity index (χ1) is 7.31. The van der Waals surface area contributed by atoms with Crippen molar-refractivity contribution in [3.63, 3.8) is 0 Å². The van der Waals surface area contributed by atoms with Crippen LogP contribution in [-0.4, -0.2) is 21.8 Å². The van der Waals surface area contributed by atoms with Crippen LogP contribution in [0.2, 0.25) is 0 Å². The van der Waals surface area contributed by atoms with E-state index < -0.39 is 0 Å². The summed E-state index contributed by atoms with van der Waals surface area (Å²) in [6.07, 6.45) is 7.11. The zero-order valence-electron chi connectivity index (χ0n) is 8.52. The highest BCUT2D eigenvalue weighted by Gasteiger charge is 2.15. The summed E-state index contributed by atoms with van der Waals surface area (Å²) in [5, 5.41) is 7.12. The first-order valence-corrected chi connectivity index (χ1v) is 4.88. The predicted molar refractivity (Wildman–Crippen MR) is 54.8 cm³/mol. The van der Waals surface area contributed by atoms with Crippen LogP contribution in [0.1, 0.15) is 18.3 Å². The molecule has 0 aromatic carbocycles. The molecule has 0 radical (unpaired) electrons. The molecule has 1 aromatic heterocycles. The maximum atomic E-state index is 13.0. The molecule has 0 bridgehead atoms. The molecule has 0 saturated heterocycles. The quantitative estimate of drug-likeness (QED) is 0.815. The van der Waals surface area contributed by atoms with Gasteiger partial charge in [0.15, 0.2) is 0 Å². The fraction of sp³-hybridized carbons (Fsp3) is 0.400. The van der Waals surface area contributed by atoms with E-state index >= 15 is 0 Å². The Morgan fingerprint density at radius 2 is 2.53 bits per heavy atom. The normalized spacial score (nSPS) is 20.4. The smallest absolute Gasteiger partial charge is 0.141 e. The minimum Gasteiger partial charge on any atom is -0.313 e. The molecule has 0 spiro atoms. The lowest BCUT2D eigenvalue weighted by Crippen LogP contribution is -2.17. The zero-order chi connectivity index (χ0) is 10.7. The van der Waals surface area contributed by atoms with E-state index in [4.69, 9.17) is 0 Å². The second-order valence-electron chi connectivity index (χ2n) is 3.41. The fourth-order valence-corrected chi connectivity index (χ4v) is 1.63. The van der Waals surface area contributed by atoms with Crippen molar-refractivity contribution < 1.29 is 4.39 Å². The van der Waals surface area contributed by atoms with Crippen molar-refractivity contribution in [2.24, 2.45) is 0 Å². The van der Waals surface area contributed by atoms with Gasteiger partial charge in [-0.25, -0.2) is 14.1 Å². The van der Waals surface area contributed by atoms with Crippen LogP contribution in [0.5, 0.6) is 0 Å². The monoisotopic (exact) mass is 208 g/mol. The lowest BCUT2D eigenvalue weighted by molar-refractivity contribution is 0.489. The van der Waals surface area contributed by atoms with Crippen LogP contribution in [0.25, 0.3) is 0 Å². The summed E-state index contributed by atoms with van der Waals surface area (Å²) in [5.74, 6) is 0.610. The number of nitrogens with one attached hydrogen (secondary N) is 1. The summed E-state index contributed by atoms with van der Waals surface area (Å²) in [7, 11) is 1.84. The van der Waals surface area contributed by atoms with Crippen molar-refractivity contribution in [3.05, 3.63) is 36.2 Å². The van der Waals surface area contributed by atoms with E-state index in [1.54, 1.807) is 10.8 Å². The Hall–Kier alpha value is -1.49. The third kappa shape index (κ3) is 2.12. The van der Waals surface area contributed by atoms with Gasteiger partial charge in [0.2, 0.25) is 0 Å². The number of rotatable bonds is 3. The second-order valence-corrected chi connectivity index (χ2v) is 3.41. The Kier molecular flexibility index (Phi) is 2.91. The molecule has 2 rings (SSSR count). The standard InChI is InChI=1S/C10H13FN4/c1-12-6-10-13-7-14-15(10)9-4-2-3-8(11)5-9/h2-3,5,7,9,12H,4,6H2,1H3. The van der Waals surface area contributed by atoms with E-state index in [9.17, 15) is 4.39 Å². The summed E-state index contributed by atoms with van der Waals surface area (Å²) in [6, 6.07) is -0.0548. The average Bonchev–Trinajstić information content (AvgIpc) is 2.66. The van der Waals surface area contributed by atoms with E-state index in [1.807, 2.05) is 13.1 Å². The Morgan fingerprint density at radius 3 is 3.27 bits per heavy atom. The van der Waals surface area contributed by atoms with Gasteiger partial charge in [-0.05, 0) is 25.6 Å². The van der Waals surface area contributed by atoms with Crippen molar-refractivity contribution in [2.75, 3.05) is 7.05 Å². The van der Waals surface area contributed by atoms with Crippen molar-refractivity contribution in [2.45, 2.75) is 19.0 Å². The third-order valence-corrected chi connectivity index (χ3v) is 2.30. The van der Waals surface area contributed by atoms with Crippen LogP contribution in [0, 0.1) is 0 Å². The highest BCUT2D eigenvalue weighted by Crippen LogP contribution is 2.22. The van der Waals surface area contributed by atoms with Crippen molar-refractivity contribution in [3.8, 4) is 0 Å². The summed E-state index contributed by atoms with van der Waals surface area (Å²) in [4.78, 5) is 4.12. The third-order valence-electron chi connectivity index (χ3n) is 2.30. The second kappa shape index (κ2) is 4.35. The van der Waals surface area contributed by atoms with Gasteiger partial charge in [0, 0.05) is 0 Å². The SMILES string of the molecule is CNCc1ncnn1C1C=C(F)C=CC1. The number of aromatic nitrogens is 3. The Labute approximate surface area is 87.5 Å². The van der Waals surface area contributed by atoms with Gasteiger partial charge in [-0.1, -0.05) is 6.08 Å². The summed E-state index contributed by atoms with van der Waals surface area (Å²) in [6.45, 7) is 0.635. The number of nitrogens with zero attached hydrogens (tertiary/aromatic N) is 3. The lowest BCUT2D eigenvalue weighted by Gasteiger charge is -2.16. The summed E-state index contributed by atoms with van der Waals surface area (Å²) >= 11 is 0. The molecule has 1 atom stereocenters. The molecule has 5 heteroatoms. The van der Waals surface area contributed by atoms with Crippen molar-refractivity contribution >= 4 is 0 Å². The first kappa shape index (κ1) is 10.0. The van der Waals surface area contributed by atoms with Gasteiger partial charge < -0.3 is 5.32 Å². The molecule has 0 amide bonds. The van der Waals surface area contributed by atoms with Crippen molar-refractivity contribution in [1.29, 1.82) is 0 Å². The molecule has 1 unspecified atom stereocenters. The number of hydrogen-bond donors (Lipinski definition) is 1. The largest absolute Gasteiger partial charge is 0.313 e. The Bertz CT molecular complexity index is 394. The van der Waals surface area contributed by atoms with Crippen LogP contribution in [0.3, 0.4) is 0 Å². The van der Waals surface area contributed by atoms with Crippen LogP contribution >= 0.6 is 0 Å². The molecule has 0 fully saturated rings. The van der Waals surface area contributed by atoms with E-state index in [2.05, 4.69) is 15.4 Å². The molecule has 1 aliphatic carbocycles. The maximum Gasteiger partial charge on any atom is 0.141 e. The number of hydrogen-bond acceptors (Lipinski definition) is 3. The molecule has 1 aromatic rings. The van der Waals surface area contributed by atoms with Crippen molar-refractivity contribution in [1.82, 2.24) is 20.1 Å². The number of allylic oxidation sites excluding steroid dienone is 4. The van der Waals surface area contributed by atoms with E-state index in [0.717, 1.165) is 12.2 Å². The molecule has 1 aliphatic rings. The molecule has 0 aliphatic heterocycles. The predicted octanol–water partition coefficient (Wildman–Crippen LogP) is 1.35. The average molecular weight is 208 g/mol. The van der Waals surface area contributed by atoms with Gasteiger partial charge in [-0.2, -0.15) is 5.10 Å². The zero-order valence-corrected chi connectivity index (χ0v) is 8.52. The number of halogens is 1. The van der Waals surface area contributed by atoms with Gasteiger partial charge in [0.05, 0.1) is 12.6 Å². The molecule has 80 valence electrons. The molecule has 1 N–H and O–H groups in total. The summed E-state index contributed by atoms with van der Waals surface area (Å²) < 4.78 is 14.8. The fourth-order valence-electron chi connectivity index (χ4n) is 1.63. The van der Waals surface area contributed by atoms with Crippen LogP contribution in [0.4, 0.5) is 4.39 Å². The molecule has 0 saturated carbocycles. The molecule has 15 heavy (non-hydrogen) atoms. The van der Waals surface area contributed by atoms with Crippen LogP contribution < -0.4 is 5.32 Å². The van der Waals surface area contributed by atoms with Gasteiger partial charge in [-0.3, -0.25) is 0 Å². The Balaban J connectivity index is 2.22. The minimum absolute atomic E-state index is 0.0548. The van der Waals surface area contributed by atoms with Gasteiger partial charge >= 0.3 is 0 Å². The van der Waals surface area contributed by atoms with E-state index in [-0.39, 0.29) is 11.9 Å². The van der Waals surface area contributed by atoms with Gasteiger partial charge in [-0.15, -0.1) is 0 Å². The topological polar surface area (TPSA) is 42.7 Å². The van der Waals surface area contributed by atoms with E-state index in [0.29, 0.717) is 6.54 Å². The van der Waals surface area contributed by atoms with Gasteiger partial charge in [0.25, 0.3) is 0 Å². The highest BCUT2D eigenvalue weighted by molar-refractivity contribution is 5.19. The maximum absolute atomic E-state index is 13.0. The van der Waals surface area contributed by atoms with Crippen LogP contribution in [0.15, 0.2) is 30.4 Å². The van der Waals surface area contributed by atoms with Gasteiger partial charge in [0.1, 0.15) is 18.0 Å². The first-order valence-electron chi connectivity index (χ1n) is 4.88. The van der Waals surface area contributed by atoms with Crippen LogP contribution in [-0.2, 0) is 6.54 Å². The summed E-state index contributed by atoms with van der Waals surface area (Å²) in [5.41, 5.74) is 0. The molecular weight excluding hydrogens is 195 g/mol. The Morgan fingerprint density at radius 1 is 1.67 bits per heavy atom. The molecule has 4 nitrogen and oxygen atoms in total. The highest BCUT2D eigenvalue weighted by atomic mass is 19.1. The minimum atomic E-state index is -0.211.